The highest BCUT2D eigenvalue weighted by molar-refractivity contribution is 7.92. The van der Waals surface area contributed by atoms with Crippen molar-refractivity contribution >= 4 is 15.7 Å². The molecule has 3 atom stereocenters. The molecule has 1 unspecified atom stereocenters. The molecule has 178 valence electrons. The Bertz CT molecular complexity index is 868. The number of hydrogen-bond donors (Lipinski definition) is 2. The first-order valence-corrected chi connectivity index (χ1v) is 13.8. The van der Waals surface area contributed by atoms with Gasteiger partial charge in [-0.2, -0.15) is 0 Å². The third-order valence-electron chi connectivity index (χ3n) is 8.04. The molecule has 5 rings (SSSR count). The number of nitrogens with one attached hydrogen (secondary N) is 1. The number of β-amino-alcohol motifs (C(OH)–C–C–N with tert-alkyl or cyclic N) is 1. The molecule has 1 aromatic rings. The molecule has 0 bridgehead atoms. The van der Waals surface area contributed by atoms with Gasteiger partial charge in [0.05, 0.1) is 10.9 Å². The van der Waals surface area contributed by atoms with Crippen LogP contribution in [0, 0.1) is 11.8 Å². The first-order valence-electron chi connectivity index (χ1n) is 12.3. The average molecular weight is 465 g/mol. The summed E-state index contributed by atoms with van der Waals surface area (Å²) in [5.41, 5.74) is -0.593. The van der Waals surface area contributed by atoms with Crippen LogP contribution in [0.1, 0.15) is 57.8 Å². The van der Waals surface area contributed by atoms with Crippen LogP contribution < -0.4 is 5.32 Å². The fourth-order valence-corrected chi connectivity index (χ4v) is 7.98. The van der Waals surface area contributed by atoms with Gasteiger partial charge < -0.3 is 15.2 Å². The standard InChI is InChI=1S/C23H36N4O4S/c28-23(8-10-31-11-9-23)16-27-14-17-12-19(13-18(17)15-27)24-21-6-7-22(26-25-21)32(29,30)20-4-2-1-3-5-20/h6-7,17-20,28H,1-5,8-16H2,(H,24,25)/t17-,18+,19?. The van der Waals surface area contributed by atoms with E-state index >= 15 is 0 Å². The molecule has 4 aliphatic rings. The summed E-state index contributed by atoms with van der Waals surface area (Å²) in [6.45, 7) is 4.15. The molecule has 0 radical (unpaired) electrons. The van der Waals surface area contributed by atoms with E-state index in [9.17, 15) is 13.5 Å². The van der Waals surface area contributed by atoms with E-state index in [4.69, 9.17) is 4.74 Å². The van der Waals surface area contributed by atoms with Crippen LogP contribution in [0.2, 0.25) is 0 Å². The molecule has 2 aliphatic heterocycles. The number of rotatable bonds is 6. The second-order valence-corrected chi connectivity index (χ2v) is 12.6. The quantitative estimate of drug-likeness (QED) is 0.661. The van der Waals surface area contributed by atoms with Gasteiger partial charge in [0.2, 0.25) is 0 Å². The number of nitrogens with zero attached hydrogens (tertiary/aromatic N) is 3. The average Bonchev–Trinajstić information content (AvgIpc) is 3.32. The zero-order valence-corrected chi connectivity index (χ0v) is 19.6. The predicted molar refractivity (Wildman–Crippen MR) is 121 cm³/mol. The summed E-state index contributed by atoms with van der Waals surface area (Å²) in [5.74, 6) is 1.93. The lowest BCUT2D eigenvalue weighted by Gasteiger charge is -2.35. The van der Waals surface area contributed by atoms with Gasteiger partial charge >= 0.3 is 0 Å². The van der Waals surface area contributed by atoms with Crippen molar-refractivity contribution in [2.45, 2.75) is 79.7 Å². The zero-order chi connectivity index (χ0) is 22.2. The summed E-state index contributed by atoms with van der Waals surface area (Å²) in [5, 5.41) is 22.4. The largest absolute Gasteiger partial charge is 0.388 e. The molecule has 1 aromatic heterocycles. The zero-order valence-electron chi connectivity index (χ0n) is 18.8. The molecule has 4 fully saturated rings. The molecule has 3 heterocycles. The summed E-state index contributed by atoms with van der Waals surface area (Å²) in [4.78, 5) is 2.43. The van der Waals surface area contributed by atoms with Gasteiger partial charge in [-0.25, -0.2) is 8.42 Å². The summed E-state index contributed by atoms with van der Waals surface area (Å²) in [7, 11) is -3.38. The Morgan fingerprint density at radius 2 is 1.75 bits per heavy atom. The Morgan fingerprint density at radius 3 is 2.38 bits per heavy atom. The SMILES string of the molecule is O=S(=O)(c1ccc(NC2C[C@@H]3CN(CC4(O)CCOCC4)C[C@@H]3C2)nn1)C1CCCCC1. The second-order valence-electron chi connectivity index (χ2n) is 10.4. The number of sulfone groups is 1. The molecule has 0 aromatic carbocycles. The van der Waals surface area contributed by atoms with E-state index in [-0.39, 0.29) is 10.3 Å². The Morgan fingerprint density at radius 1 is 1.06 bits per heavy atom. The van der Waals surface area contributed by atoms with E-state index < -0.39 is 15.4 Å². The first kappa shape index (κ1) is 22.5. The molecule has 0 amide bonds. The third kappa shape index (κ3) is 4.81. The van der Waals surface area contributed by atoms with Crippen LogP contribution >= 0.6 is 0 Å². The van der Waals surface area contributed by atoms with Crippen molar-refractivity contribution in [3.63, 3.8) is 0 Å². The monoisotopic (exact) mass is 464 g/mol. The Labute approximate surface area is 191 Å². The normalized spacial score (nSPS) is 31.5. The first-order chi connectivity index (χ1) is 15.4. The van der Waals surface area contributed by atoms with Gasteiger partial charge in [-0.1, -0.05) is 19.3 Å². The van der Waals surface area contributed by atoms with Crippen LogP contribution in [-0.4, -0.2) is 78.4 Å². The molecular formula is C23H36N4O4S. The molecule has 2 aliphatic carbocycles. The minimum atomic E-state index is -3.38. The van der Waals surface area contributed by atoms with Crippen molar-refractivity contribution in [2.75, 3.05) is 38.2 Å². The maximum atomic E-state index is 12.8. The van der Waals surface area contributed by atoms with Crippen LogP contribution in [0.15, 0.2) is 17.2 Å². The van der Waals surface area contributed by atoms with Crippen molar-refractivity contribution in [1.82, 2.24) is 15.1 Å². The van der Waals surface area contributed by atoms with Gasteiger partial charge in [-0.05, 0) is 49.7 Å². The van der Waals surface area contributed by atoms with Crippen molar-refractivity contribution in [3.05, 3.63) is 12.1 Å². The molecule has 32 heavy (non-hydrogen) atoms. The number of aliphatic hydroxyl groups is 1. The number of aromatic nitrogens is 2. The smallest absolute Gasteiger partial charge is 0.200 e. The van der Waals surface area contributed by atoms with E-state index in [2.05, 4.69) is 20.4 Å². The van der Waals surface area contributed by atoms with Crippen molar-refractivity contribution < 1.29 is 18.3 Å². The van der Waals surface area contributed by atoms with Crippen molar-refractivity contribution in [1.29, 1.82) is 0 Å². The van der Waals surface area contributed by atoms with Gasteiger partial charge in [0, 0.05) is 51.7 Å². The highest BCUT2D eigenvalue weighted by atomic mass is 32.2. The van der Waals surface area contributed by atoms with Crippen LogP contribution in [0.3, 0.4) is 0 Å². The van der Waals surface area contributed by atoms with Crippen molar-refractivity contribution in [2.24, 2.45) is 11.8 Å². The highest BCUT2D eigenvalue weighted by Gasteiger charge is 2.43. The fourth-order valence-electron chi connectivity index (χ4n) is 6.27. The lowest BCUT2D eigenvalue weighted by molar-refractivity contribution is -0.0779. The second kappa shape index (κ2) is 9.16. The van der Waals surface area contributed by atoms with Gasteiger partial charge in [-0.15, -0.1) is 10.2 Å². The van der Waals surface area contributed by atoms with E-state index in [1.165, 1.54) is 0 Å². The fraction of sp³-hybridized carbons (Fsp3) is 0.826. The number of fused-ring (bicyclic) bond motifs is 1. The van der Waals surface area contributed by atoms with Crippen LogP contribution in [0.4, 0.5) is 5.82 Å². The molecule has 2 saturated heterocycles. The molecule has 8 nitrogen and oxygen atoms in total. The van der Waals surface area contributed by atoms with E-state index in [1.54, 1.807) is 12.1 Å². The van der Waals surface area contributed by atoms with Crippen molar-refractivity contribution in [3.8, 4) is 0 Å². The number of ether oxygens (including phenoxy) is 1. The van der Waals surface area contributed by atoms with E-state index in [0.717, 1.165) is 77.4 Å². The molecule has 0 spiro atoms. The summed E-state index contributed by atoms with van der Waals surface area (Å²) in [6.07, 6.45) is 8.16. The van der Waals surface area contributed by atoms with E-state index in [1.807, 2.05) is 0 Å². The molecular weight excluding hydrogens is 428 g/mol. The summed E-state index contributed by atoms with van der Waals surface area (Å²) < 4.78 is 31.0. The summed E-state index contributed by atoms with van der Waals surface area (Å²) >= 11 is 0. The maximum Gasteiger partial charge on any atom is 0.200 e. The van der Waals surface area contributed by atoms with Crippen LogP contribution in [0.5, 0.6) is 0 Å². The van der Waals surface area contributed by atoms with Gasteiger partial charge in [0.25, 0.3) is 0 Å². The lowest BCUT2D eigenvalue weighted by atomic mass is 9.94. The maximum absolute atomic E-state index is 12.8. The third-order valence-corrected chi connectivity index (χ3v) is 10.2. The molecule has 2 saturated carbocycles. The van der Waals surface area contributed by atoms with Gasteiger partial charge in [-0.3, -0.25) is 4.90 Å². The van der Waals surface area contributed by atoms with Gasteiger partial charge in [0.1, 0.15) is 5.82 Å². The number of hydrogen-bond acceptors (Lipinski definition) is 8. The number of anilines is 1. The Balaban J connectivity index is 1.13. The minimum Gasteiger partial charge on any atom is -0.388 e. The van der Waals surface area contributed by atoms with Crippen LogP contribution in [-0.2, 0) is 14.6 Å². The highest BCUT2D eigenvalue weighted by Crippen LogP contribution is 2.40. The number of likely N-dealkylation sites (tertiary alicyclic amines) is 1. The summed E-state index contributed by atoms with van der Waals surface area (Å²) in [6, 6.07) is 3.73. The van der Waals surface area contributed by atoms with Gasteiger partial charge in [0.15, 0.2) is 14.9 Å². The Kier molecular flexibility index (Phi) is 6.44. The molecule has 9 heteroatoms. The molecule has 2 N–H and O–H groups in total. The predicted octanol–water partition coefficient (Wildman–Crippen LogP) is 2.25. The lowest BCUT2D eigenvalue weighted by Crippen LogP contribution is -2.46. The topological polar surface area (TPSA) is 105 Å². The minimum absolute atomic E-state index is 0.111. The van der Waals surface area contributed by atoms with Crippen LogP contribution in [0.25, 0.3) is 0 Å². The Hall–Kier alpha value is -1.29. The van der Waals surface area contributed by atoms with E-state index in [0.29, 0.717) is 36.9 Å².